The Balaban J connectivity index is 1.94. The van der Waals surface area contributed by atoms with Crippen molar-refractivity contribution in [1.82, 2.24) is 5.32 Å². The van der Waals surface area contributed by atoms with Crippen LogP contribution in [0.3, 0.4) is 0 Å². The Morgan fingerprint density at radius 1 is 1.14 bits per heavy atom. The van der Waals surface area contributed by atoms with Crippen LogP contribution in [0.5, 0.6) is 0 Å². The minimum Gasteiger partial charge on any atom is -0.389 e. The van der Waals surface area contributed by atoms with Gasteiger partial charge in [-0.1, -0.05) is 25.3 Å². The molecule has 0 aliphatic heterocycles. The number of alkyl halides is 3. The van der Waals surface area contributed by atoms with Crippen molar-refractivity contribution >= 4 is 0 Å². The molecular weight excluding hydrogens is 286 g/mol. The molecule has 0 radical (unpaired) electrons. The van der Waals surface area contributed by atoms with Crippen molar-refractivity contribution in [2.24, 2.45) is 0 Å². The molecule has 0 unspecified atom stereocenters. The maximum Gasteiger partial charge on any atom is 0.419 e. The first-order valence-corrected chi connectivity index (χ1v) is 7.09. The summed E-state index contributed by atoms with van der Waals surface area (Å²) in [5.41, 5.74) is -1.67. The molecular formula is C15H19F4NO. The molecule has 0 bridgehead atoms. The van der Waals surface area contributed by atoms with Crippen LogP contribution in [0, 0.1) is 5.82 Å². The molecule has 1 aliphatic carbocycles. The number of benzene rings is 1. The SMILES string of the molecule is OC1(CNCc2ccc(F)c(C(F)(F)F)c2)CCCCC1. The Bertz CT molecular complexity index is 481. The molecule has 118 valence electrons. The van der Waals surface area contributed by atoms with Gasteiger partial charge in [0.1, 0.15) is 5.82 Å². The van der Waals surface area contributed by atoms with E-state index in [0.29, 0.717) is 24.9 Å². The minimum atomic E-state index is -4.69. The highest BCUT2D eigenvalue weighted by molar-refractivity contribution is 5.27. The molecule has 1 aromatic carbocycles. The molecule has 1 saturated carbocycles. The smallest absolute Gasteiger partial charge is 0.389 e. The van der Waals surface area contributed by atoms with Crippen molar-refractivity contribution in [3.05, 3.63) is 35.1 Å². The fraction of sp³-hybridized carbons (Fsp3) is 0.600. The van der Waals surface area contributed by atoms with Gasteiger partial charge >= 0.3 is 6.18 Å². The number of halogens is 4. The fourth-order valence-electron chi connectivity index (χ4n) is 2.73. The summed E-state index contributed by atoms with van der Waals surface area (Å²) in [5, 5.41) is 13.2. The number of nitrogens with one attached hydrogen (secondary N) is 1. The lowest BCUT2D eigenvalue weighted by molar-refractivity contribution is -0.140. The van der Waals surface area contributed by atoms with E-state index in [0.717, 1.165) is 31.4 Å². The number of rotatable bonds is 4. The summed E-state index contributed by atoms with van der Waals surface area (Å²) in [5.74, 6) is -1.27. The molecule has 0 spiro atoms. The van der Waals surface area contributed by atoms with Gasteiger partial charge in [-0.3, -0.25) is 0 Å². The largest absolute Gasteiger partial charge is 0.419 e. The first-order valence-electron chi connectivity index (χ1n) is 7.09. The molecule has 2 N–H and O–H groups in total. The van der Waals surface area contributed by atoms with E-state index in [1.165, 1.54) is 6.07 Å². The van der Waals surface area contributed by atoms with E-state index in [4.69, 9.17) is 0 Å². The first kappa shape index (κ1) is 16.2. The Hall–Kier alpha value is -1.14. The summed E-state index contributed by atoms with van der Waals surface area (Å²) < 4.78 is 51.0. The van der Waals surface area contributed by atoms with E-state index in [9.17, 15) is 22.7 Å². The molecule has 0 aromatic heterocycles. The molecule has 2 rings (SSSR count). The van der Waals surface area contributed by atoms with E-state index < -0.39 is 23.2 Å². The van der Waals surface area contributed by atoms with Gasteiger partial charge in [-0.05, 0) is 30.5 Å². The molecule has 0 amide bonds. The molecule has 1 fully saturated rings. The van der Waals surface area contributed by atoms with Crippen LogP contribution in [-0.2, 0) is 12.7 Å². The summed E-state index contributed by atoms with van der Waals surface area (Å²) in [6.45, 7) is 0.511. The lowest BCUT2D eigenvalue weighted by Crippen LogP contribution is -2.41. The Labute approximate surface area is 121 Å². The second-order valence-electron chi connectivity index (χ2n) is 5.70. The van der Waals surface area contributed by atoms with Crippen LogP contribution in [0.25, 0.3) is 0 Å². The van der Waals surface area contributed by atoms with Crippen LogP contribution in [0.15, 0.2) is 18.2 Å². The summed E-state index contributed by atoms with van der Waals surface area (Å²) in [7, 11) is 0. The highest BCUT2D eigenvalue weighted by Gasteiger charge is 2.34. The van der Waals surface area contributed by atoms with Crippen LogP contribution < -0.4 is 5.32 Å². The van der Waals surface area contributed by atoms with Crippen LogP contribution in [0.4, 0.5) is 17.6 Å². The maximum absolute atomic E-state index is 13.2. The third-order valence-electron chi connectivity index (χ3n) is 3.90. The first-order chi connectivity index (χ1) is 9.80. The highest BCUT2D eigenvalue weighted by Crippen LogP contribution is 2.32. The van der Waals surface area contributed by atoms with Crippen LogP contribution in [0.1, 0.15) is 43.2 Å². The van der Waals surface area contributed by atoms with Crippen molar-refractivity contribution in [3.8, 4) is 0 Å². The number of aliphatic hydroxyl groups is 1. The monoisotopic (exact) mass is 305 g/mol. The predicted octanol–water partition coefficient (Wildman–Crippen LogP) is 3.63. The second-order valence-corrected chi connectivity index (χ2v) is 5.70. The molecule has 1 aromatic rings. The zero-order chi connectivity index (χ0) is 15.5. The quantitative estimate of drug-likeness (QED) is 0.833. The third-order valence-corrected chi connectivity index (χ3v) is 3.90. The van der Waals surface area contributed by atoms with Crippen molar-refractivity contribution in [2.45, 2.75) is 50.4 Å². The topological polar surface area (TPSA) is 32.3 Å². The average molecular weight is 305 g/mol. The molecule has 1 aliphatic rings. The average Bonchev–Trinajstić information content (AvgIpc) is 2.40. The highest BCUT2D eigenvalue weighted by atomic mass is 19.4. The van der Waals surface area contributed by atoms with E-state index in [1.807, 2.05) is 0 Å². The van der Waals surface area contributed by atoms with Gasteiger partial charge in [0.25, 0.3) is 0 Å². The van der Waals surface area contributed by atoms with E-state index in [2.05, 4.69) is 5.32 Å². The zero-order valence-electron chi connectivity index (χ0n) is 11.6. The summed E-state index contributed by atoms with van der Waals surface area (Å²) in [6, 6.07) is 2.96. The summed E-state index contributed by atoms with van der Waals surface area (Å²) in [6.07, 6.45) is -0.245. The van der Waals surface area contributed by atoms with E-state index in [-0.39, 0.29) is 6.54 Å². The predicted molar refractivity (Wildman–Crippen MR) is 71.1 cm³/mol. The van der Waals surface area contributed by atoms with Crippen LogP contribution in [-0.4, -0.2) is 17.3 Å². The van der Waals surface area contributed by atoms with Crippen molar-refractivity contribution in [3.63, 3.8) is 0 Å². The van der Waals surface area contributed by atoms with Gasteiger partial charge in [0, 0.05) is 13.1 Å². The maximum atomic E-state index is 13.2. The lowest BCUT2D eigenvalue weighted by atomic mass is 9.85. The van der Waals surface area contributed by atoms with Crippen molar-refractivity contribution in [2.75, 3.05) is 6.54 Å². The number of hydrogen-bond acceptors (Lipinski definition) is 2. The number of hydrogen-bond donors (Lipinski definition) is 2. The van der Waals surface area contributed by atoms with Gasteiger partial charge in [0.05, 0.1) is 11.2 Å². The van der Waals surface area contributed by atoms with Crippen molar-refractivity contribution < 1.29 is 22.7 Å². The standard InChI is InChI=1S/C15H19F4NO/c16-13-5-4-11(8-12(13)15(17,18)19)9-20-10-14(21)6-2-1-3-7-14/h4-5,8,20-21H,1-3,6-7,9-10H2. The molecule has 2 nitrogen and oxygen atoms in total. The molecule has 0 atom stereocenters. The van der Waals surface area contributed by atoms with Gasteiger partial charge in [-0.15, -0.1) is 0 Å². The summed E-state index contributed by atoms with van der Waals surface area (Å²) in [4.78, 5) is 0. The lowest BCUT2D eigenvalue weighted by Gasteiger charge is -2.32. The minimum absolute atomic E-state index is 0.172. The van der Waals surface area contributed by atoms with Crippen LogP contribution in [0.2, 0.25) is 0 Å². The fourth-order valence-corrected chi connectivity index (χ4v) is 2.73. The van der Waals surface area contributed by atoms with Gasteiger partial charge in [-0.2, -0.15) is 13.2 Å². The molecule has 0 heterocycles. The van der Waals surface area contributed by atoms with Crippen LogP contribution >= 0.6 is 0 Å². The Morgan fingerprint density at radius 3 is 2.43 bits per heavy atom. The Morgan fingerprint density at radius 2 is 1.81 bits per heavy atom. The van der Waals surface area contributed by atoms with Gasteiger partial charge in [-0.25, -0.2) is 4.39 Å². The molecule has 0 saturated heterocycles. The third kappa shape index (κ3) is 4.41. The molecule has 6 heteroatoms. The van der Waals surface area contributed by atoms with E-state index in [1.54, 1.807) is 0 Å². The Kier molecular flexibility index (Phi) is 4.88. The zero-order valence-corrected chi connectivity index (χ0v) is 11.6. The normalized spacial score (nSPS) is 18.7. The molecule has 21 heavy (non-hydrogen) atoms. The van der Waals surface area contributed by atoms with Gasteiger partial charge < -0.3 is 10.4 Å². The van der Waals surface area contributed by atoms with Gasteiger partial charge in [0.15, 0.2) is 0 Å². The van der Waals surface area contributed by atoms with Crippen molar-refractivity contribution in [1.29, 1.82) is 0 Å². The van der Waals surface area contributed by atoms with E-state index >= 15 is 0 Å². The second kappa shape index (κ2) is 6.32. The summed E-state index contributed by atoms with van der Waals surface area (Å²) >= 11 is 0. The van der Waals surface area contributed by atoms with Gasteiger partial charge in [0.2, 0.25) is 0 Å².